The first-order chi connectivity index (χ1) is 10.0. The van der Waals surface area contributed by atoms with Crippen LogP contribution in [-0.4, -0.2) is 23.6 Å². The van der Waals surface area contributed by atoms with Crippen molar-refractivity contribution in [3.05, 3.63) is 35.9 Å². The van der Waals surface area contributed by atoms with Gasteiger partial charge in [0.05, 0.1) is 0 Å². The summed E-state index contributed by atoms with van der Waals surface area (Å²) >= 11 is 0. The Morgan fingerprint density at radius 1 is 1.24 bits per heavy atom. The minimum atomic E-state index is -1.15. The summed E-state index contributed by atoms with van der Waals surface area (Å²) < 4.78 is 10.7. The van der Waals surface area contributed by atoms with Gasteiger partial charge in [-0.05, 0) is 38.2 Å². The average molecular weight is 291 g/mol. The highest BCUT2D eigenvalue weighted by molar-refractivity contribution is 5.85. The highest BCUT2D eigenvalue weighted by Crippen LogP contribution is 2.35. The highest BCUT2D eigenvalue weighted by atomic mass is 16.6. The molecule has 0 aliphatic heterocycles. The number of hydrogen-bond acceptors (Lipinski definition) is 5. The van der Waals surface area contributed by atoms with Gasteiger partial charge in [0.1, 0.15) is 12.6 Å². The van der Waals surface area contributed by atoms with E-state index >= 15 is 0 Å². The van der Waals surface area contributed by atoms with Gasteiger partial charge >= 0.3 is 11.9 Å². The van der Waals surface area contributed by atoms with Crippen LogP contribution in [0.25, 0.3) is 0 Å². The summed E-state index contributed by atoms with van der Waals surface area (Å²) in [4.78, 5) is 24.1. The third kappa shape index (κ3) is 3.82. The summed E-state index contributed by atoms with van der Waals surface area (Å²) in [6, 6.07) is 8.67. The molecule has 21 heavy (non-hydrogen) atoms. The Morgan fingerprint density at radius 2 is 1.86 bits per heavy atom. The average Bonchev–Trinajstić information content (AvgIpc) is 2.95. The Morgan fingerprint density at radius 3 is 2.43 bits per heavy atom. The van der Waals surface area contributed by atoms with Crippen molar-refractivity contribution in [2.24, 2.45) is 5.73 Å². The molecule has 2 rings (SSSR count). The van der Waals surface area contributed by atoms with Crippen LogP contribution in [0.4, 0.5) is 0 Å². The van der Waals surface area contributed by atoms with Gasteiger partial charge in [-0.3, -0.25) is 4.79 Å². The number of carbonyl (C=O) groups excluding carboxylic acids is 2. The van der Waals surface area contributed by atoms with Crippen molar-refractivity contribution in [2.75, 3.05) is 0 Å². The molecular weight excluding hydrogens is 270 g/mol. The fraction of sp³-hybridized carbons (Fsp3) is 0.500. The topological polar surface area (TPSA) is 78.6 Å². The van der Waals surface area contributed by atoms with Gasteiger partial charge in [0.25, 0.3) is 0 Å². The lowest BCUT2D eigenvalue weighted by molar-refractivity contribution is -0.183. The van der Waals surface area contributed by atoms with Crippen molar-refractivity contribution in [2.45, 2.75) is 50.9 Å². The summed E-state index contributed by atoms with van der Waals surface area (Å²) in [5.74, 6) is -1.04. The molecule has 0 bridgehead atoms. The molecule has 5 heteroatoms. The number of carbonyl (C=O) groups is 2. The van der Waals surface area contributed by atoms with Crippen LogP contribution in [0.1, 0.15) is 38.2 Å². The molecule has 1 atom stereocenters. The van der Waals surface area contributed by atoms with Crippen molar-refractivity contribution >= 4 is 11.9 Å². The number of rotatable bonds is 5. The maximum Gasteiger partial charge on any atom is 0.350 e. The fourth-order valence-electron chi connectivity index (χ4n) is 2.43. The van der Waals surface area contributed by atoms with E-state index in [2.05, 4.69) is 0 Å². The molecule has 1 aromatic rings. The van der Waals surface area contributed by atoms with Crippen LogP contribution in [0.5, 0.6) is 0 Å². The highest BCUT2D eigenvalue weighted by Gasteiger charge is 2.46. The second-order valence-corrected chi connectivity index (χ2v) is 5.47. The molecule has 0 saturated heterocycles. The largest absolute Gasteiger partial charge is 0.458 e. The number of benzene rings is 1. The van der Waals surface area contributed by atoms with Crippen LogP contribution in [-0.2, 0) is 25.7 Å². The SMILES string of the molecule is C[C@H](N)C(=O)OC1(C(=O)OCc2ccccc2)CCCC1. The summed E-state index contributed by atoms with van der Waals surface area (Å²) in [6.07, 6.45) is 2.68. The smallest absolute Gasteiger partial charge is 0.350 e. The minimum absolute atomic E-state index is 0.178. The molecule has 1 saturated carbocycles. The molecule has 114 valence electrons. The number of ether oxygens (including phenoxy) is 2. The third-order valence-corrected chi connectivity index (χ3v) is 3.66. The quantitative estimate of drug-likeness (QED) is 0.839. The molecule has 1 aliphatic carbocycles. The van der Waals surface area contributed by atoms with Crippen LogP contribution in [0.2, 0.25) is 0 Å². The van der Waals surface area contributed by atoms with E-state index in [0.717, 1.165) is 18.4 Å². The lowest BCUT2D eigenvalue weighted by Crippen LogP contribution is -2.45. The molecule has 0 aromatic heterocycles. The molecule has 0 unspecified atom stereocenters. The molecule has 0 spiro atoms. The Balaban J connectivity index is 2.00. The second kappa shape index (κ2) is 6.72. The first-order valence-corrected chi connectivity index (χ1v) is 7.23. The van der Waals surface area contributed by atoms with Crippen molar-refractivity contribution in [1.29, 1.82) is 0 Å². The Hall–Kier alpha value is -1.88. The van der Waals surface area contributed by atoms with Gasteiger partial charge in [-0.25, -0.2) is 4.79 Å². The van der Waals surface area contributed by atoms with Gasteiger partial charge in [-0.15, -0.1) is 0 Å². The normalized spacial score (nSPS) is 18.0. The van der Waals surface area contributed by atoms with Crippen molar-refractivity contribution in [3.8, 4) is 0 Å². The third-order valence-electron chi connectivity index (χ3n) is 3.66. The zero-order chi connectivity index (χ0) is 15.3. The standard InChI is InChI=1S/C16H21NO4/c1-12(17)14(18)21-16(9-5-6-10-16)15(19)20-11-13-7-3-2-4-8-13/h2-4,7-8,12H,5-6,9-11,17H2,1H3/t12-/m0/s1. The molecule has 2 N–H and O–H groups in total. The van der Waals surface area contributed by atoms with E-state index in [1.807, 2.05) is 30.3 Å². The van der Waals surface area contributed by atoms with E-state index in [1.54, 1.807) is 6.92 Å². The van der Waals surface area contributed by atoms with Crippen LogP contribution in [0.15, 0.2) is 30.3 Å². The molecule has 0 amide bonds. The molecular formula is C16H21NO4. The molecule has 0 heterocycles. The molecule has 1 fully saturated rings. The van der Waals surface area contributed by atoms with Crippen LogP contribution >= 0.6 is 0 Å². The predicted molar refractivity (Wildman–Crippen MR) is 77.2 cm³/mol. The van der Waals surface area contributed by atoms with Gasteiger partial charge < -0.3 is 15.2 Å². The first-order valence-electron chi connectivity index (χ1n) is 7.23. The van der Waals surface area contributed by atoms with Gasteiger partial charge in [0, 0.05) is 0 Å². The summed E-state index contributed by atoms with van der Waals surface area (Å²) in [7, 11) is 0. The van der Waals surface area contributed by atoms with Gasteiger partial charge in [-0.1, -0.05) is 30.3 Å². The Bertz CT molecular complexity index is 492. The van der Waals surface area contributed by atoms with Crippen LogP contribution in [0, 0.1) is 0 Å². The zero-order valence-corrected chi connectivity index (χ0v) is 12.2. The first kappa shape index (κ1) is 15.5. The van der Waals surface area contributed by atoms with E-state index < -0.39 is 23.6 Å². The van der Waals surface area contributed by atoms with Gasteiger partial charge in [-0.2, -0.15) is 0 Å². The predicted octanol–water partition coefficient (Wildman–Crippen LogP) is 1.93. The van der Waals surface area contributed by atoms with Crippen LogP contribution in [0.3, 0.4) is 0 Å². The zero-order valence-electron chi connectivity index (χ0n) is 12.2. The van der Waals surface area contributed by atoms with Gasteiger partial charge in [0.2, 0.25) is 5.60 Å². The lowest BCUT2D eigenvalue weighted by atomic mass is 10.0. The lowest BCUT2D eigenvalue weighted by Gasteiger charge is -2.27. The Labute approximate surface area is 124 Å². The second-order valence-electron chi connectivity index (χ2n) is 5.47. The Kier molecular flexibility index (Phi) is 4.96. The molecule has 1 aliphatic rings. The fourth-order valence-corrected chi connectivity index (χ4v) is 2.43. The maximum absolute atomic E-state index is 12.4. The van der Waals surface area contributed by atoms with Crippen molar-refractivity contribution in [1.82, 2.24) is 0 Å². The van der Waals surface area contributed by atoms with E-state index in [1.165, 1.54) is 0 Å². The molecule has 5 nitrogen and oxygen atoms in total. The van der Waals surface area contributed by atoms with E-state index in [9.17, 15) is 9.59 Å². The van der Waals surface area contributed by atoms with Crippen molar-refractivity contribution in [3.63, 3.8) is 0 Å². The summed E-state index contributed by atoms with van der Waals surface area (Å²) in [6.45, 7) is 1.72. The number of hydrogen-bond donors (Lipinski definition) is 1. The summed E-state index contributed by atoms with van der Waals surface area (Å²) in [5.41, 5.74) is 5.26. The van der Waals surface area contributed by atoms with E-state index in [-0.39, 0.29) is 6.61 Å². The molecule has 1 aromatic carbocycles. The minimum Gasteiger partial charge on any atom is -0.458 e. The monoisotopic (exact) mass is 291 g/mol. The maximum atomic E-state index is 12.4. The van der Waals surface area contributed by atoms with E-state index in [0.29, 0.717) is 12.8 Å². The van der Waals surface area contributed by atoms with Crippen molar-refractivity contribution < 1.29 is 19.1 Å². The number of nitrogens with two attached hydrogens (primary N) is 1. The number of esters is 2. The van der Waals surface area contributed by atoms with Gasteiger partial charge in [0.15, 0.2) is 0 Å². The van der Waals surface area contributed by atoms with E-state index in [4.69, 9.17) is 15.2 Å². The summed E-state index contributed by atoms with van der Waals surface area (Å²) in [5, 5.41) is 0. The van der Waals surface area contributed by atoms with Crippen LogP contribution < -0.4 is 5.73 Å². The molecule has 0 radical (unpaired) electrons.